The van der Waals surface area contributed by atoms with Crippen LogP contribution in [0.15, 0.2) is 64.4 Å². The van der Waals surface area contributed by atoms with E-state index in [2.05, 4.69) is 18.6 Å². The van der Waals surface area contributed by atoms with Crippen molar-refractivity contribution in [3.8, 4) is 0 Å². The van der Waals surface area contributed by atoms with Gasteiger partial charge in [-0.25, -0.2) is 21.6 Å². The Bertz CT molecular complexity index is 1010. The van der Waals surface area contributed by atoms with Crippen LogP contribution >= 0.6 is 0 Å². The van der Waals surface area contributed by atoms with E-state index in [0.29, 0.717) is 18.8 Å². The second-order valence-corrected chi connectivity index (χ2v) is 11.1. The lowest BCUT2D eigenvalue weighted by Gasteiger charge is -2.31. The highest BCUT2D eigenvalue weighted by molar-refractivity contribution is 7.89. The second-order valence-electron chi connectivity index (χ2n) is 7.49. The van der Waals surface area contributed by atoms with Gasteiger partial charge in [0.1, 0.15) is 0 Å². The number of sulfonamides is 2. The number of hydrogen-bond donors (Lipinski definition) is 1. The number of rotatable bonds is 7. The van der Waals surface area contributed by atoms with Crippen molar-refractivity contribution >= 4 is 20.0 Å². The van der Waals surface area contributed by atoms with Crippen LogP contribution in [0, 0.1) is 0 Å². The molecule has 1 atom stereocenters. The molecule has 0 bridgehead atoms. The average Bonchev–Trinajstić information content (AvgIpc) is 2.74. The van der Waals surface area contributed by atoms with Gasteiger partial charge in [-0.05, 0) is 55.0 Å². The Hall–Kier alpha value is -1.74. The first-order valence-corrected chi connectivity index (χ1v) is 12.8. The summed E-state index contributed by atoms with van der Waals surface area (Å²) in [5.74, 6) is 0.389. The van der Waals surface area contributed by atoms with Crippen LogP contribution in [0.2, 0.25) is 0 Å². The minimum atomic E-state index is -3.60. The second kappa shape index (κ2) is 8.95. The van der Waals surface area contributed by atoms with Gasteiger partial charge in [-0.1, -0.05) is 44.2 Å². The first-order chi connectivity index (χ1) is 13.7. The molecule has 0 aromatic heterocycles. The third kappa shape index (κ3) is 5.06. The van der Waals surface area contributed by atoms with Gasteiger partial charge in [0.05, 0.1) is 9.79 Å². The maximum absolute atomic E-state index is 12.9. The summed E-state index contributed by atoms with van der Waals surface area (Å²) in [6.07, 6.45) is 1.88. The van der Waals surface area contributed by atoms with Crippen molar-refractivity contribution in [1.29, 1.82) is 0 Å². The number of piperidine rings is 1. The minimum Gasteiger partial charge on any atom is -0.208 e. The SMILES string of the molecule is CC[C@H](C)c1ccc(S(=O)(=O)N2CCC(NS(=O)(=O)c3ccccc3)CC2)cc1. The van der Waals surface area contributed by atoms with Crippen LogP contribution in [0.3, 0.4) is 0 Å². The molecule has 0 saturated carbocycles. The Morgan fingerprint density at radius 2 is 1.52 bits per heavy atom. The highest BCUT2D eigenvalue weighted by Crippen LogP contribution is 2.25. The van der Waals surface area contributed by atoms with E-state index in [1.54, 1.807) is 42.5 Å². The van der Waals surface area contributed by atoms with Crippen molar-refractivity contribution in [1.82, 2.24) is 9.03 Å². The largest absolute Gasteiger partial charge is 0.243 e. The summed E-state index contributed by atoms with van der Waals surface area (Å²) >= 11 is 0. The predicted octanol–water partition coefficient (Wildman–Crippen LogP) is 3.33. The van der Waals surface area contributed by atoms with Gasteiger partial charge in [0.25, 0.3) is 0 Å². The van der Waals surface area contributed by atoms with E-state index in [1.165, 1.54) is 4.31 Å². The van der Waals surface area contributed by atoms with Crippen LogP contribution < -0.4 is 4.72 Å². The van der Waals surface area contributed by atoms with Crippen LogP contribution in [0.25, 0.3) is 0 Å². The molecule has 3 rings (SSSR count). The molecule has 1 fully saturated rings. The van der Waals surface area contributed by atoms with Gasteiger partial charge >= 0.3 is 0 Å². The molecule has 0 spiro atoms. The van der Waals surface area contributed by atoms with Gasteiger partial charge < -0.3 is 0 Å². The highest BCUT2D eigenvalue weighted by atomic mass is 32.2. The molecular weight excluding hydrogens is 408 g/mol. The van der Waals surface area contributed by atoms with Gasteiger partial charge in [0.2, 0.25) is 20.0 Å². The van der Waals surface area contributed by atoms with Crippen molar-refractivity contribution in [2.45, 2.75) is 54.9 Å². The molecule has 6 nitrogen and oxygen atoms in total. The van der Waals surface area contributed by atoms with E-state index in [4.69, 9.17) is 0 Å². The van der Waals surface area contributed by atoms with Gasteiger partial charge in [0.15, 0.2) is 0 Å². The van der Waals surface area contributed by atoms with E-state index >= 15 is 0 Å². The lowest BCUT2D eigenvalue weighted by Crippen LogP contribution is -2.46. The summed E-state index contributed by atoms with van der Waals surface area (Å²) < 4.78 is 55.0. The highest BCUT2D eigenvalue weighted by Gasteiger charge is 2.31. The maximum atomic E-state index is 12.9. The van der Waals surface area contributed by atoms with E-state index in [9.17, 15) is 16.8 Å². The molecule has 2 aromatic rings. The van der Waals surface area contributed by atoms with E-state index in [1.807, 2.05) is 12.1 Å². The first kappa shape index (κ1) is 22.0. The van der Waals surface area contributed by atoms with Crippen LogP contribution in [-0.4, -0.2) is 40.3 Å². The van der Waals surface area contributed by atoms with E-state index in [-0.39, 0.29) is 28.9 Å². The van der Waals surface area contributed by atoms with Gasteiger partial charge in [-0.2, -0.15) is 4.31 Å². The lowest BCUT2D eigenvalue weighted by molar-refractivity contribution is 0.308. The fraction of sp³-hybridized carbons (Fsp3) is 0.429. The zero-order chi connectivity index (χ0) is 21.1. The standard InChI is InChI=1S/C21H28N2O4S2/c1-3-17(2)18-9-11-21(12-10-18)29(26,27)23-15-13-19(14-16-23)22-28(24,25)20-7-5-4-6-8-20/h4-12,17,19,22H,3,13-16H2,1-2H3/t17-/m0/s1. The summed E-state index contributed by atoms with van der Waals surface area (Å²) in [4.78, 5) is 0.504. The monoisotopic (exact) mass is 436 g/mol. The van der Waals surface area contributed by atoms with Crippen LogP contribution in [0.1, 0.15) is 44.6 Å². The lowest BCUT2D eigenvalue weighted by atomic mass is 9.99. The summed E-state index contributed by atoms with van der Waals surface area (Å²) in [6.45, 7) is 4.80. The summed E-state index contributed by atoms with van der Waals surface area (Å²) in [5, 5.41) is 0. The number of nitrogens with zero attached hydrogens (tertiary/aromatic N) is 1. The molecule has 1 saturated heterocycles. The Balaban J connectivity index is 1.64. The molecule has 8 heteroatoms. The van der Waals surface area contributed by atoms with Gasteiger partial charge in [-0.15, -0.1) is 0 Å². The zero-order valence-electron chi connectivity index (χ0n) is 16.8. The topological polar surface area (TPSA) is 83.6 Å². The first-order valence-electron chi connectivity index (χ1n) is 9.91. The van der Waals surface area contributed by atoms with Crippen molar-refractivity contribution in [2.24, 2.45) is 0 Å². The molecule has 1 aliphatic heterocycles. The minimum absolute atomic E-state index is 0.219. The molecule has 158 valence electrons. The van der Waals surface area contributed by atoms with E-state index in [0.717, 1.165) is 12.0 Å². The molecule has 0 aliphatic carbocycles. The van der Waals surface area contributed by atoms with E-state index < -0.39 is 20.0 Å². The number of hydrogen-bond acceptors (Lipinski definition) is 4. The molecule has 0 unspecified atom stereocenters. The number of nitrogens with one attached hydrogen (secondary N) is 1. The Morgan fingerprint density at radius 1 is 0.931 bits per heavy atom. The van der Waals surface area contributed by atoms with Crippen LogP contribution in [-0.2, 0) is 20.0 Å². The smallest absolute Gasteiger partial charge is 0.208 e. The quantitative estimate of drug-likeness (QED) is 0.722. The Morgan fingerprint density at radius 3 is 2.07 bits per heavy atom. The third-order valence-corrected chi connectivity index (χ3v) is 8.98. The third-order valence-electron chi connectivity index (χ3n) is 5.53. The normalized spacial score (nSPS) is 17.9. The molecule has 2 aromatic carbocycles. The van der Waals surface area contributed by atoms with Crippen LogP contribution in [0.5, 0.6) is 0 Å². The molecule has 0 amide bonds. The summed E-state index contributed by atoms with van der Waals surface area (Å²) in [5.41, 5.74) is 1.13. The average molecular weight is 437 g/mol. The van der Waals surface area contributed by atoms with Crippen LogP contribution in [0.4, 0.5) is 0 Å². The van der Waals surface area contributed by atoms with Crippen molar-refractivity contribution in [3.63, 3.8) is 0 Å². The van der Waals surface area contributed by atoms with Crippen molar-refractivity contribution < 1.29 is 16.8 Å². The molecule has 0 radical (unpaired) electrons. The molecule has 1 N–H and O–H groups in total. The maximum Gasteiger partial charge on any atom is 0.243 e. The molecular formula is C21H28N2O4S2. The van der Waals surface area contributed by atoms with Crippen molar-refractivity contribution in [3.05, 3.63) is 60.2 Å². The summed E-state index contributed by atoms with van der Waals surface area (Å²) in [7, 11) is -7.17. The van der Waals surface area contributed by atoms with Gasteiger partial charge in [-0.3, -0.25) is 0 Å². The Labute approximate surface area is 174 Å². The summed E-state index contributed by atoms with van der Waals surface area (Å²) in [6, 6.07) is 15.0. The predicted molar refractivity (Wildman–Crippen MR) is 114 cm³/mol. The molecule has 29 heavy (non-hydrogen) atoms. The van der Waals surface area contributed by atoms with Gasteiger partial charge in [0, 0.05) is 19.1 Å². The molecule has 1 aliphatic rings. The fourth-order valence-corrected chi connectivity index (χ4v) is 6.25. The number of benzene rings is 2. The zero-order valence-corrected chi connectivity index (χ0v) is 18.4. The fourth-order valence-electron chi connectivity index (χ4n) is 3.45. The molecule has 1 heterocycles. The Kier molecular flexibility index (Phi) is 6.78. The van der Waals surface area contributed by atoms with Crippen molar-refractivity contribution in [2.75, 3.05) is 13.1 Å².